The van der Waals surface area contributed by atoms with Crippen molar-refractivity contribution < 1.29 is 14.2 Å². The topological polar surface area (TPSA) is 53.7 Å². The van der Waals surface area contributed by atoms with Gasteiger partial charge in [-0.15, -0.1) is 0 Å². The monoisotopic (exact) mass is 385 g/mol. The largest absolute Gasteiger partial charge is 0.493 e. The lowest BCUT2D eigenvalue weighted by molar-refractivity contribution is 0.0511. The third-order valence-corrected chi connectivity index (χ3v) is 5.04. The molecule has 4 nitrogen and oxygen atoms in total. The number of hydrogen-bond acceptors (Lipinski definition) is 4. The van der Waals surface area contributed by atoms with Crippen molar-refractivity contribution in [3.05, 3.63) is 60.3 Å². The van der Waals surface area contributed by atoms with Gasteiger partial charge in [-0.3, -0.25) is 0 Å². The SMILES string of the molecule is C=C/C=C(\C=C/N)CC(OCCCC)c1ccc(OC)c(OC2CCCC2)c1. The minimum absolute atomic E-state index is 0.0780. The summed E-state index contributed by atoms with van der Waals surface area (Å²) >= 11 is 0. The first kappa shape index (κ1) is 22.1. The van der Waals surface area contributed by atoms with Crippen LogP contribution in [0, 0.1) is 0 Å². The van der Waals surface area contributed by atoms with E-state index in [4.69, 9.17) is 19.9 Å². The first-order valence-corrected chi connectivity index (χ1v) is 10.4. The van der Waals surface area contributed by atoms with Crippen molar-refractivity contribution in [2.75, 3.05) is 13.7 Å². The van der Waals surface area contributed by atoms with Gasteiger partial charge < -0.3 is 19.9 Å². The van der Waals surface area contributed by atoms with E-state index in [1.165, 1.54) is 12.8 Å². The van der Waals surface area contributed by atoms with Gasteiger partial charge in [0.2, 0.25) is 0 Å². The fourth-order valence-corrected chi connectivity index (χ4v) is 3.50. The van der Waals surface area contributed by atoms with Gasteiger partial charge in [0.05, 0.1) is 19.3 Å². The Kier molecular flexibility index (Phi) is 9.70. The molecule has 28 heavy (non-hydrogen) atoms. The molecule has 0 aromatic heterocycles. The van der Waals surface area contributed by atoms with E-state index < -0.39 is 0 Å². The van der Waals surface area contributed by atoms with Crippen LogP contribution in [0.4, 0.5) is 0 Å². The fourth-order valence-electron chi connectivity index (χ4n) is 3.50. The van der Waals surface area contributed by atoms with Gasteiger partial charge in [-0.05, 0) is 67.6 Å². The van der Waals surface area contributed by atoms with Crippen LogP contribution in [0.15, 0.2) is 54.8 Å². The lowest BCUT2D eigenvalue weighted by Crippen LogP contribution is -2.13. The van der Waals surface area contributed by atoms with E-state index in [-0.39, 0.29) is 12.2 Å². The van der Waals surface area contributed by atoms with Crippen LogP contribution in [0.25, 0.3) is 0 Å². The van der Waals surface area contributed by atoms with Crippen molar-refractivity contribution in [3.8, 4) is 11.5 Å². The van der Waals surface area contributed by atoms with Crippen LogP contribution in [-0.2, 0) is 4.74 Å². The Bertz CT molecular complexity index is 660. The number of methoxy groups -OCH3 is 1. The molecule has 2 N–H and O–H groups in total. The number of hydrogen-bond donors (Lipinski definition) is 1. The van der Waals surface area contributed by atoms with Crippen molar-refractivity contribution in [2.45, 2.75) is 64.1 Å². The smallest absolute Gasteiger partial charge is 0.161 e. The van der Waals surface area contributed by atoms with Gasteiger partial charge in [-0.1, -0.05) is 38.1 Å². The van der Waals surface area contributed by atoms with Gasteiger partial charge in [-0.25, -0.2) is 0 Å². The number of nitrogens with two attached hydrogens (primary N) is 1. The Balaban J connectivity index is 2.26. The molecule has 0 spiro atoms. The highest BCUT2D eigenvalue weighted by atomic mass is 16.5. The molecule has 0 radical (unpaired) electrons. The standard InChI is InChI=1S/C24H35NO3/c1-4-6-16-27-23(17-19(9-5-2)14-15-25)20-12-13-22(26-3)24(18-20)28-21-10-7-8-11-21/h5,9,12-15,18,21,23H,2,4,6-8,10-11,16-17,25H2,1,3H3/b15-14-,19-9+. The molecule has 0 heterocycles. The molecule has 1 aromatic rings. The number of benzene rings is 1. The summed E-state index contributed by atoms with van der Waals surface area (Å²) in [6.45, 7) is 6.69. The van der Waals surface area contributed by atoms with Gasteiger partial charge in [0.1, 0.15) is 0 Å². The van der Waals surface area contributed by atoms with Gasteiger partial charge in [0.25, 0.3) is 0 Å². The lowest BCUT2D eigenvalue weighted by Gasteiger charge is -2.22. The molecular weight excluding hydrogens is 350 g/mol. The Morgan fingerprint density at radius 1 is 1.29 bits per heavy atom. The van der Waals surface area contributed by atoms with Gasteiger partial charge >= 0.3 is 0 Å². The summed E-state index contributed by atoms with van der Waals surface area (Å²) in [7, 11) is 1.68. The first-order valence-electron chi connectivity index (χ1n) is 10.4. The summed E-state index contributed by atoms with van der Waals surface area (Å²) in [6.07, 6.45) is 14.9. The third kappa shape index (κ3) is 6.75. The van der Waals surface area contributed by atoms with Crippen molar-refractivity contribution in [1.82, 2.24) is 0 Å². The Morgan fingerprint density at radius 3 is 2.71 bits per heavy atom. The van der Waals surface area contributed by atoms with Gasteiger partial charge in [0.15, 0.2) is 11.5 Å². The predicted octanol–water partition coefficient (Wildman–Crippen LogP) is 5.85. The van der Waals surface area contributed by atoms with Crippen LogP contribution in [-0.4, -0.2) is 19.8 Å². The lowest BCUT2D eigenvalue weighted by atomic mass is 10.00. The quantitative estimate of drug-likeness (QED) is 0.362. The number of unbranched alkanes of at least 4 members (excludes halogenated alkanes) is 1. The molecule has 0 aliphatic heterocycles. The maximum absolute atomic E-state index is 6.27. The second-order valence-electron chi connectivity index (χ2n) is 7.19. The average Bonchev–Trinajstić information content (AvgIpc) is 3.21. The molecule has 1 unspecified atom stereocenters. The molecule has 154 valence electrons. The molecule has 0 saturated heterocycles. The van der Waals surface area contributed by atoms with E-state index in [9.17, 15) is 0 Å². The van der Waals surface area contributed by atoms with E-state index >= 15 is 0 Å². The van der Waals surface area contributed by atoms with E-state index in [0.717, 1.165) is 61.3 Å². The number of rotatable bonds is 12. The number of allylic oxidation sites excluding steroid dienone is 3. The number of ether oxygens (including phenoxy) is 3. The Hall–Kier alpha value is -2.20. The Morgan fingerprint density at radius 2 is 2.07 bits per heavy atom. The molecular formula is C24H35NO3. The zero-order valence-corrected chi connectivity index (χ0v) is 17.4. The van der Waals surface area contributed by atoms with Crippen LogP contribution < -0.4 is 15.2 Å². The summed E-state index contributed by atoms with van der Waals surface area (Å²) in [5.41, 5.74) is 7.78. The van der Waals surface area contributed by atoms with E-state index in [1.807, 2.05) is 18.2 Å². The molecule has 1 aliphatic carbocycles. The highest BCUT2D eigenvalue weighted by molar-refractivity contribution is 5.44. The molecule has 4 heteroatoms. The van der Waals surface area contributed by atoms with Crippen molar-refractivity contribution in [3.63, 3.8) is 0 Å². The predicted molar refractivity (Wildman–Crippen MR) is 116 cm³/mol. The zero-order chi connectivity index (χ0) is 20.2. The Labute approximate surface area is 170 Å². The zero-order valence-electron chi connectivity index (χ0n) is 17.4. The molecule has 1 aliphatic rings. The molecule has 0 amide bonds. The molecule has 1 aromatic carbocycles. The first-order chi connectivity index (χ1) is 13.7. The van der Waals surface area contributed by atoms with Crippen LogP contribution in [0.2, 0.25) is 0 Å². The maximum atomic E-state index is 6.27. The molecule has 1 fully saturated rings. The minimum Gasteiger partial charge on any atom is -0.493 e. The average molecular weight is 386 g/mol. The van der Waals surface area contributed by atoms with Crippen LogP contribution >= 0.6 is 0 Å². The third-order valence-electron chi connectivity index (χ3n) is 5.04. The summed E-state index contributed by atoms with van der Waals surface area (Å²) < 4.78 is 18.0. The van der Waals surface area contributed by atoms with Crippen LogP contribution in [0.1, 0.15) is 63.5 Å². The van der Waals surface area contributed by atoms with Crippen LogP contribution in [0.3, 0.4) is 0 Å². The summed E-state index contributed by atoms with van der Waals surface area (Å²) in [5, 5.41) is 0. The van der Waals surface area contributed by atoms with E-state index in [1.54, 1.807) is 19.4 Å². The van der Waals surface area contributed by atoms with Crippen molar-refractivity contribution >= 4 is 0 Å². The summed E-state index contributed by atoms with van der Waals surface area (Å²) in [4.78, 5) is 0. The summed E-state index contributed by atoms with van der Waals surface area (Å²) in [6, 6.07) is 6.12. The van der Waals surface area contributed by atoms with E-state index in [0.29, 0.717) is 0 Å². The van der Waals surface area contributed by atoms with Gasteiger partial charge in [-0.2, -0.15) is 0 Å². The van der Waals surface area contributed by atoms with E-state index in [2.05, 4.69) is 25.6 Å². The second kappa shape index (κ2) is 12.3. The van der Waals surface area contributed by atoms with Crippen molar-refractivity contribution in [2.24, 2.45) is 5.73 Å². The highest BCUT2D eigenvalue weighted by Gasteiger charge is 2.21. The second-order valence-corrected chi connectivity index (χ2v) is 7.19. The normalized spacial score (nSPS) is 16.4. The van der Waals surface area contributed by atoms with Crippen LogP contribution in [0.5, 0.6) is 11.5 Å². The molecule has 1 atom stereocenters. The highest BCUT2D eigenvalue weighted by Crippen LogP contribution is 2.36. The maximum Gasteiger partial charge on any atom is 0.161 e. The summed E-state index contributed by atoms with van der Waals surface area (Å²) in [5.74, 6) is 1.58. The fraction of sp³-hybridized carbons (Fsp3) is 0.500. The molecule has 0 bridgehead atoms. The molecule has 2 rings (SSSR count). The molecule has 1 saturated carbocycles. The van der Waals surface area contributed by atoms with Gasteiger partial charge in [0, 0.05) is 13.0 Å². The van der Waals surface area contributed by atoms with Crippen molar-refractivity contribution in [1.29, 1.82) is 0 Å². The minimum atomic E-state index is -0.0780.